The molecule has 0 amide bonds. The first-order valence-electron chi connectivity index (χ1n) is 4.95. The molecule has 0 radical (unpaired) electrons. The monoisotopic (exact) mass is 191 g/mol. The van der Waals surface area contributed by atoms with Gasteiger partial charge in [0.2, 0.25) is 0 Å². The Labute approximate surface area is 85.4 Å². The van der Waals surface area contributed by atoms with Crippen molar-refractivity contribution >= 4 is 5.78 Å². The molecule has 2 heteroatoms. The molecule has 0 saturated carbocycles. The van der Waals surface area contributed by atoms with Gasteiger partial charge in [0.05, 0.1) is 0 Å². The maximum atomic E-state index is 12.0. The molecule has 0 N–H and O–H groups in total. The lowest BCUT2D eigenvalue weighted by Crippen LogP contribution is -2.23. The first-order valence-corrected chi connectivity index (χ1v) is 4.95. The van der Waals surface area contributed by atoms with Crippen LogP contribution < -0.4 is 0 Å². The summed E-state index contributed by atoms with van der Waals surface area (Å²) in [6.45, 7) is 7.88. The van der Waals surface area contributed by atoms with Crippen LogP contribution in [0.3, 0.4) is 0 Å². The Kier molecular flexibility index (Phi) is 3.04. The molecule has 1 heterocycles. The third-order valence-corrected chi connectivity index (χ3v) is 2.67. The average Bonchev–Trinajstić information content (AvgIpc) is 2.18. The van der Waals surface area contributed by atoms with Gasteiger partial charge in [-0.25, -0.2) is 0 Å². The second-order valence-electron chi connectivity index (χ2n) is 4.25. The summed E-state index contributed by atoms with van der Waals surface area (Å²) in [5.41, 5.74) is 1.37. The van der Waals surface area contributed by atoms with Crippen molar-refractivity contribution in [2.75, 3.05) is 0 Å². The van der Waals surface area contributed by atoms with Crippen molar-refractivity contribution in [3.8, 4) is 0 Å². The van der Waals surface area contributed by atoms with Crippen LogP contribution in [0.15, 0.2) is 18.3 Å². The van der Waals surface area contributed by atoms with Crippen molar-refractivity contribution in [1.29, 1.82) is 0 Å². The van der Waals surface area contributed by atoms with Gasteiger partial charge in [0.1, 0.15) is 0 Å². The summed E-state index contributed by atoms with van der Waals surface area (Å²) >= 11 is 0. The van der Waals surface area contributed by atoms with Crippen molar-refractivity contribution < 1.29 is 4.79 Å². The summed E-state index contributed by atoms with van der Waals surface area (Å²) in [5, 5.41) is 0. The maximum Gasteiger partial charge on any atom is 0.169 e. The SMILES string of the molecule is CCC(C)(C)C(=O)c1ccc(C)nc1. The number of aromatic nitrogens is 1. The Hall–Kier alpha value is -1.18. The number of carbonyl (C=O) groups excluding carboxylic acids is 1. The number of nitrogens with zero attached hydrogens (tertiary/aromatic N) is 1. The largest absolute Gasteiger partial charge is 0.294 e. The summed E-state index contributed by atoms with van der Waals surface area (Å²) in [7, 11) is 0. The summed E-state index contributed by atoms with van der Waals surface area (Å²) in [6.07, 6.45) is 2.51. The molecule has 0 bridgehead atoms. The Bertz CT molecular complexity index is 325. The number of carbonyl (C=O) groups is 1. The predicted molar refractivity (Wildman–Crippen MR) is 57.4 cm³/mol. The molecule has 76 valence electrons. The predicted octanol–water partition coefficient (Wildman–Crippen LogP) is 3.01. The highest BCUT2D eigenvalue weighted by molar-refractivity contribution is 5.99. The standard InChI is InChI=1S/C12H17NO/c1-5-12(3,4)11(14)10-7-6-9(2)13-8-10/h6-8H,5H2,1-4H3. The summed E-state index contributed by atoms with van der Waals surface area (Å²) < 4.78 is 0. The lowest BCUT2D eigenvalue weighted by atomic mass is 9.82. The minimum absolute atomic E-state index is 0.174. The number of hydrogen-bond acceptors (Lipinski definition) is 2. The molecular formula is C12H17NO. The quantitative estimate of drug-likeness (QED) is 0.687. The molecule has 0 fully saturated rings. The van der Waals surface area contributed by atoms with Crippen LogP contribution in [0, 0.1) is 12.3 Å². The molecule has 0 aliphatic heterocycles. The molecule has 0 atom stereocenters. The minimum atomic E-state index is -0.281. The van der Waals surface area contributed by atoms with Crippen LogP contribution >= 0.6 is 0 Å². The van der Waals surface area contributed by atoms with Crippen LogP contribution in [0.4, 0.5) is 0 Å². The van der Waals surface area contributed by atoms with Gasteiger partial charge in [-0.3, -0.25) is 9.78 Å². The summed E-state index contributed by atoms with van der Waals surface area (Å²) in [5.74, 6) is 0.174. The Balaban J connectivity index is 2.96. The molecule has 1 aromatic heterocycles. The number of ketones is 1. The van der Waals surface area contributed by atoms with Crippen molar-refractivity contribution in [2.24, 2.45) is 5.41 Å². The average molecular weight is 191 g/mol. The maximum absolute atomic E-state index is 12.0. The minimum Gasteiger partial charge on any atom is -0.294 e. The van der Waals surface area contributed by atoms with Crippen molar-refractivity contribution in [3.63, 3.8) is 0 Å². The molecule has 0 aliphatic carbocycles. The molecule has 0 unspecified atom stereocenters. The molecular weight excluding hydrogens is 174 g/mol. The molecule has 0 aromatic carbocycles. The van der Waals surface area contributed by atoms with E-state index in [9.17, 15) is 4.79 Å². The van der Waals surface area contributed by atoms with Crippen LogP contribution in [-0.4, -0.2) is 10.8 Å². The highest BCUT2D eigenvalue weighted by atomic mass is 16.1. The molecule has 0 spiro atoms. The van der Waals surface area contributed by atoms with Gasteiger partial charge in [0.15, 0.2) is 5.78 Å². The van der Waals surface area contributed by atoms with E-state index in [-0.39, 0.29) is 11.2 Å². The Morgan fingerprint density at radius 1 is 1.43 bits per heavy atom. The van der Waals surface area contributed by atoms with Gasteiger partial charge < -0.3 is 0 Å². The molecule has 1 aromatic rings. The van der Waals surface area contributed by atoms with Gasteiger partial charge in [-0.15, -0.1) is 0 Å². The van der Waals surface area contributed by atoms with Crippen LogP contribution in [0.1, 0.15) is 43.2 Å². The molecule has 14 heavy (non-hydrogen) atoms. The summed E-state index contributed by atoms with van der Waals surface area (Å²) in [6, 6.07) is 3.72. The van der Waals surface area contributed by atoms with Gasteiger partial charge in [0, 0.05) is 22.9 Å². The first kappa shape index (κ1) is 10.9. The second kappa shape index (κ2) is 3.91. The van der Waals surface area contributed by atoms with Crippen LogP contribution in [0.2, 0.25) is 0 Å². The summed E-state index contributed by atoms with van der Waals surface area (Å²) in [4.78, 5) is 16.1. The van der Waals surface area contributed by atoms with E-state index in [0.717, 1.165) is 12.1 Å². The Morgan fingerprint density at radius 3 is 2.50 bits per heavy atom. The van der Waals surface area contributed by atoms with Gasteiger partial charge in [-0.2, -0.15) is 0 Å². The van der Waals surface area contributed by atoms with E-state index in [1.54, 1.807) is 6.20 Å². The van der Waals surface area contributed by atoms with E-state index in [1.165, 1.54) is 0 Å². The van der Waals surface area contributed by atoms with Crippen LogP contribution in [-0.2, 0) is 0 Å². The molecule has 1 rings (SSSR count). The van der Waals surface area contributed by atoms with Gasteiger partial charge in [-0.1, -0.05) is 20.8 Å². The first-order chi connectivity index (χ1) is 6.47. The third kappa shape index (κ3) is 2.19. The van der Waals surface area contributed by atoms with E-state index in [1.807, 2.05) is 39.8 Å². The fourth-order valence-electron chi connectivity index (χ4n) is 1.15. The van der Waals surface area contributed by atoms with E-state index >= 15 is 0 Å². The van der Waals surface area contributed by atoms with E-state index in [0.29, 0.717) is 5.56 Å². The normalized spacial score (nSPS) is 11.4. The van der Waals surface area contributed by atoms with E-state index in [2.05, 4.69) is 4.98 Å². The van der Waals surface area contributed by atoms with E-state index < -0.39 is 0 Å². The molecule has 0 saturated heterocycles. The highest BCUT2D eigenvalue weighted by Gasteiger charge is 2.26. The third-order valence-electron chi connectivity index (χ3n) is 2.67. The van der Waals surface area contributed by atoms with Gasteiger partial charge in [0.25, 0.3) is 0 Å². The van der Waals surface area contributed by atoms with Gasteiger partial charge in [-0.05, 0) is 25.5 Å². The fourth-order valence-corrected chi connectivity index (χ4v) is 1.15. The van der Waals surface area contributed by atoms with Crippen molar-refractivity contribution in [1.82, 2.24) is 4.98 Å². The number of hydrogen-bond donors (Lipinski definition) is 0. The lowest BCUT2D eigenvalue weighted by Gasteiger charge is -2.20. The van der Waals surface area contributed by atoms with Crippen LogP contribution in [0.5, 0.6) is 0 Å². The number of Topliss-reactive ketones (excluding diaryl/α,β-unsaturated/α-hetero) is 1. The Morgan fingerprint density at radius 2 is 2.07 bits per heavy atom. The highest BCUT2D eigenvalue weighted by Crippen LogP contribution is 2.25. The zero-order chi connectivity index (χ0) is 10.8. The van der Waals surface area contributed by atoms with Crippen molar-refractivity contribution in [2.45, 2.75) is 34.1 Å². The molecule has 0 aliphatic rings. The number of pyridine rings is 1. The smallest absolute Gasteiger partial charge is 0.169 e. The van der Waals surface area contributed by atoms with Crippen LogP contribution in [0.25, 0.3) is 0 Å². The topological polar surface area (TPSA) is 30.0 Å². The number of rotatable bonds is 3. The zero-order valence-electron chi connectivity index (χ0n) is 9.29. The number of aryl methyl sites for hydroxylation is 1. The molecule has 2 nitrogen and oxygen atoms in total. The lowest BCUT2D eigenvalue weighted by molar-refractivity contribution is 0.0832. The second-order valence-corrected chi connectivity index (χ2v) is 4.25. The van der Waals surface area contributed by atoms with Gasteiger partial charge >= 0.3 is 0 Å². The fraction of sp³-hybridized carbons (Fsp3) is 0.500. The van der Waals surface area contributed by atoms with Crippen molar-refractivity contribution in [3.05, 3.63) is 29.6 Å². The zero-order valence-corrected chi connectivity index (χ0v) is 9.29. The van der Waals surface area contributed by atoms with E-state index in [4.69, 9.17) is 0 Å².